The minimum absolute atomic E-state index is 0.00227. The SMILES string of the molecule is CC(C)(C)c1ccc(-c2nc3c(o2)N(c2ccc4oc5ccc(C(C)(C)C)cc5c4c2)c2cc(C(C)(C)C)cc4c2B3c2ccc(N(c3ccccc3)c3ccccc3)cc2N4c2ccc(C(C)(C)C)cc2)cc1. The number of furan rings is 1. The number of rotatable bonds is 6. The van der Waals surface area contributed by atoms with Crippen molar-refractivity contribution in [2.24, 2.45) is 0 Å². The van der Waals surface area contributed by atoms with Gasteiger partial charge in [-0.25, -0.2) is 4.98 Å². The van der Waals surface area contributed by atoms with E-state index in [1.54, 1.807) is 0 Å². The Bertz CT molecular complexity index is 3730. The standard InChI is InChI=1S/C67H65BN4O2/c1-64(2,3)43-25-23-42(24-26-43)62-69-61-63(74-62)72(50-33-36-59-53(40-50)52-37-45(66(7,8)9)29-35-58(52)73-59)57-39-46(67(10,11)12)38-56-60(57)68(61)54-34-32-51(70(47-19-15-13-16-20-47)48-21-17-14-18-22-48)41-55(54)71(56)49-30-27-44(28-31-49)65(4,5)6/h13-41H,1-12H3. The molecule has 12 rings (SSSR count). The maximum absolute atomic E-state index is 7.33. The molecule has 0 atom stereocenters. The van der Waals surface area contributed by atoms with E-state index in [9.17, 15) is 0 Å². The van der Waals surface area contributed by atoms with Crippen molar-refractivity contribution in [3.8, 4) is 11.5 Å². The molecule has 8 aromatic carbocycles. The highest BCUT2D eigenvalue weighted by Gasteiger charge is 2.48. The molecule has 0 spiro atoms. The van der Waals surface area contributed by atoms with Crippen LogP contribution >= 0.6 is 0 Å². The van der Waals surface area contributed by atoms with Gasteiger partial charge in [-0.2, -0.15) is 0 Å². The molecule has 0 saturated heterocycles. The molecule has 368 valence electrons. The lowest BCUT2D eigenvalue weighted by Crippen LogP contribution is -2.61. The molecule has 0 bridgehead atoms. The van der Waals surface area contributed by atoms with Crippen LogP contribution in [0.1, 0.15) is 105 Å². The molecule has 10 aromatic rings. The zero-order valence-corrected chi connectivity index (χ0v) is 44.9. The Hall–Kier alpha value is -7.77. The predicted molar refractivity (Wildman–Crippen MR) is 313 cm³/mol. The second-order valence-corrected chi connectivity index (χ2v) is 24.6. The predicted octanol–water partition coefficient (Wildman–Crippen LogP) is 17.0. The van der Waals surface area contributed by atoms with E-state index in [1.807, 2.05) is 0 Å². The number of hydrogen-bond donors (Lipinski definition) is 0. The van der Waals surface area contributed by atoms with Crippen LogP contribution in [0, 0.1) is 0 Å². The molecule has 0 amide bonds. The topological polar surface area (TPSA) is 48.9 Å². The van der Waals surface area contributed by atoms with Crippen molar-refractivity contribution in [2.75, 3.05) is 14.7 Å². The van der Waals surface area contributed by atoms with Gasteiger partial charge in [-0.05, 0) is 158 Å². The molecule has 0 fully saturated rings. The van der Waals surface area contributed by atoms with Crippen LogP contribution in [-0.2, 0) is 21.7 Å². The summed E-state index contributed by atoms with van der Waals surface area (Å²) in [5.41, 5.74) is 19.2. The summed E-state index contributed by atoms with van der Waals surface area (Å²) in [6, 6.07) is 64.5. The molecule has 74 heavy (non-hydrogen) atoms. The first-order chi connectivity index (χ1) is 35.2. The highest BCUT2D eigenvalue weighted by Crippen LogP contribution is 2.49. The van der Waals surface area contributed by atoms with Gasteiger partial charge in [0.15, 0.2) is 0 Å². The summed E-state index contributed by atoms with van der Waals surface area (Å²) >= 11 is 0. The maximum atomic E-state index is 7.33. The Labute approximate surface area is 437 Å². The number of nitrogens with zero attached hydrogens (tertiary/aromatic N) is 4. The molecule has 2 aromatic heterocycles. The summed E-state index contributed by atoms with van der Waals surface area (Å²) in [6.45, 7) is 27.1. The number of anilines is 9. The van der Waals surface area contributed by atoms with Gasteiger partial charge < -0.3 is 18.6 Å². The zero-order chi connectivity index (χ0) is 51.6. The first-order valence-electron chi connectivity index (χ1n) is 26.2. The van der Waals surface area contributed by atoms with Gasteiger partial charge in [-0.1, -0.05) is 156 Å². The second kappa shape index (κ2) is 16.9. The lowest BCUT2D eigenvalue weighted by molar-refractivity contribution is 0.578. The molecule has 0 N–H and O–H groups in total. The number of aromatic nitrogens is 1. The molecule has 2 aliphatic heterocycles. The van der Waals surface area contributed by atoms with Crippen LogP contribution in [0.25, 0.3) is 33.4 Å². The van der Waals surface area contributed by atoms with E-state index in [-0.39, 0.29) is 28.4 Å². The van der Waals surface area contributed by atoms with Crippen LogP contribution in [0.15, 0.2) is 185 Å². The van der Waals surface area contributed by atoms with Crippen molar-refractivity contribution in [1.82, 2.24) is 4.98 Å². The van der Waals surface area contributed by atoms with Crippen LogP contribution in [0.2, 0.25) is 0 Å². The van der Waals surface area contributed by atoms with Crippen LogP contribution in [0.5, 0.6) is 0 Å². The minimum atomic E-state index is -0.268. The Kier molecular flexibility index (Phi) is 10.8. The van der Waals surface area contributed by atoms with Crippen molar-refractivity contribution >= 4 is 96.6 Å². The Morgan fingerprint density at radius 3 is 1.51 bits per heavy atom. The molecule has 0 radical (unpaired) electrons. The lowest BCUT2D eigenvalue weighted by Gasteiger charge is -2.43. The van der Waals surface area contributed by atoms with E-state index < -0.39 is 0 Å². The largest absolute Gasteiger partial charge is 0.456 e. The Morgan fingerprint density at radius 2 is 0.932 bits per heavy atom. The van der Waals surface area contributed by atoms with Gasteiger partial charge in [0.1, 0.15) is 11.2 Å². The normalized spacial score (nSPS) is 13.6. The maximum Gasteiger partial charge on any atom is 0.279 e. The Balaban J connectivity index is 1.16. The zero-order valence-electron chi connectivity index (χ0n) is 44.9. The minimum Gasteiger partial charge on any atom is -0.456 e. The van der Waals surface area contributed by atoms with Crippen molar-refractivity contribution in [1.29, 1.82) is 0 Å². The van der Waals surface area contributed by atoms with Gasteiger partial charge in [0.2, 0.25) is 11.8 Å². The molecule has 6 nitrogen and oxygen atoms in total. The van der Waals surface area contributed by atoms with Crippen LogP contribution in [-0.4, -0.2) is 11.7 Å². The summed E-state index contributed by atoms with van der Waals surface area (Å²) in [5, 5.41) is 2.16. The van der Waals surface area contributed by atoms with Crippen molar-refractivity contribution in [3.63, 3.8) is 0 Å². The van der Waals surface area contributed by atoms with Crippen molar-refractivity contribution in [3.05, 3.63) is 198 Å². The summed E-state index contributed by atoms with van der Waals surface area (Å²) in [6.07, 6.45) is 0. The molecular formula is C67H65BN4O2. The van der Waals surface area contributed by atoms with Crippen molar-refractivity contribution in [2.45, 2.75) is 105 Å². The molecule has 0 saturated carbocycles. The lowest BCUT2D eigenvalue weighted by atomic mass is 9.35. The molecule has 4 heterocycles. The van der Waals surface area contributed by atoms with E-state index in [2.05, 4.69) is 274 Å². The van der Waals surface area contributed by atoms with Crippen molar-refractivity contribution < 1.29 is 8.83 Å². The van der Waals surface area contributed by atoms with Crippen LogP contribution < -0.4 is 31.2 Å². The van der Waals surface area contributed by atoms with Gasteiger partial charge in [0.05, 0.1) is 5.59 Å². The highest BCUT2D eigenvalue weighted by atomic mass is 16.4. The number of oxazole rings is 1. The number of hydrogen-bond acceptors (Lipinski definition) is 6. The van der Waals surface area contributed by atoms with Gasteiger partial charge in [0, 0.05) is 61.8 Å². The van der Waals surface area contributed by atoms with E-state index >= 15 is 0 Å². The molecule has 7 heteroatoms. The van der Waals surface area contributed by atoms with Gasteiger partial charge in [-0.3, -0.25) is 4.90 Å². The van der Waals surface area contributed by atoms with Crippen LogP contribution in [0.3, 0.4) is 0 Å². The van der Waals surface area contributed by atoms with E-state index in [0.717, 1.165) is 84.1 Å². The third-order valence-corrected chi connectivity index (χ3v) is 15.3. The first-order valence-corrected chi connectivity index (χ1v) is 26.2. The summed E-state index contributed by atoms with van der Waals surface area (Å²) in [5.74, 6) is 1.30. The highest BCUT2D eigenvalue weighted by molar-refractivity contribution is 6.99. The van der Waals surface area contributed by atoms with Gasteiger partial charge >= 0.3 is 0 Å². The molecule has 0 aliphatic carbocycles. The van der Waals surface area contributed by atoms with E-state index in [4.69, 9.17) is 13.8 Å². The van der Waals surface area contributed by atoms with Gasteiger partial charge in [0.25, 0.3) is 6.71 Å². The quantitative estimate of drug-likeness (QED) is 0.155. The summed E-state index contributed by atoms with van der Waals surface area (Å²) in [4.78, 5) is 12.9. The number of para-hydroxylation sites is 2. The average Bonchev–Trinajstić information content (AvgIpc) is 4.00. The van der Waals surface area contributed by atoms with Gasteiger partial charge in [-0.15, -0.1) is 0 Å². The first kappa shape index (κ1) is 47.3. The third-order valence-electron chi connectivity index (χ3n) is 15.3. The molecule has 0 unspecified atom stereocenters. The molecular weight excluding hydrogens is 904 g/mol. The average molecular weight is 969 g/mol. The van der Waals surface area contributed by atoms with Crippen LogP contribution in [0.4, 0.5) is 51.4 Å². The third kappa shape index (κ3) is 8.00. The fourth-order valence-electron chi connectivity index (χ4n) is 11.0. The number of benzene rings is 8. The monoisotopic (exact) mass is 969 g/mol. The fourth-order valence-corrected chi connectivity index (χ4v) is 11.0. The van der Waals surface area contributed by atoms with E-state index in [1.165, 1.54) is 27.7 Å². The smallest absolute Gasteiger partial charge is 0.279 e. The Morgan fingerprint density at radius 1 is 0.419 bits per heavy atom. The second-order valence-electron chi connectivity index (χ2n) is 24.6. The number of fused-ring (bicyclic) bond motifs is 7. The molecule has 2 aliphatic rings. The fraction of sp³-hybridized carbons (Fsp3) is 0.239. The summed E-state index contributed by atoms with van der Waals surface area (Å²) in [7, 11) is 0. The van der Waals surface area contributed by atoms with E-state index in [0.29, 0.717) is 11.8 Å². The summed E-state index contributed by atoms with van der Waals surface area (Å²) < 4.78 is 13.9.